The summed E-state index contributed by atoms with van der Waals surface area (Å²) in [6.07, 6.45) is 0.485. The van der Waals surface area contributed by atoms with Crippen LogP contribution in [0.2, 0.25) is 0 Å². The Morgan fingerprint density at radius 2 is 1.90 bits per heavy atom. The van der Waals surface area contributed by atoms with Crippen molar-refractivity contribution in [3.63, 3.8) is 0 Å². The summed E-state index contributed by atoms with van der Waals surface area (Å²) in [6, 6.07) is 10.1. The van der Waals surface area contributed by atoms with E-state index in [4.69, 9.17) is 14.5 Å². The Morgan fingerprint density at radius 3 is 2.60 bits per heavy atom. The Labute approximate surface area is 119 Å². The Kier molecular flexibility index (Phi) is 3.49. The van der Waals surface area contributed by atoms with Crippen LogP contribution < -0.4 is 9.64 Å². The van der Waals surface area contributed by atoms with Crippen molar-refractivity contribution in [2.24, 2.45) is 0 Å². The van der Waals surface area contributed by atoms with E-state index in [2.05, 4.69) is 30.9 Å². The molecule has 106 valence electrons. The molecule has 1 aliphatic rings. The number of morpholine rings is 1. The van der Waals surface area contributed by atoms with Crippen LogP contribution in [0.15, 0.2) is 30.3 Å². The number of methoxy groups -OCH3 is 1. The summed E-state index contributed by atoms with van der Waals surface area (Å²) in [6.45, 7) is 5.99. The van der Waals surface area contributed by atoms with Gasteiger partial charge in [-0.15, -0.1) is 0 Å². The van der Waals surface area contributed by atoms with Gasteiger partial charge in [-0.2, -0.15) is 0 Å². The minimum atomic E-state index is 0.243. The lowest BCUT2D eigenvalue weighted by Gasteiger charge is -2.36. The van der Waals surface area contributed by atoms with E-state index in [0.29, 0.717) is 0 Å². The maximum Gasteiger partial charge on any atom is 0.129 e. The molecule has 1 aromatic carbocycles. The summed E-state index contributed by atoms with van der Waals surface area (Å²) in [5.41, 5.74) is 0.995. The second-order valence-electron chi connectivity index (χ2n) is 5.39. The van der Waals surface area contributed by atoms with E-state index in [9.17, 15) is 0 Å². The monoisotopic (exact) mass is 272 g/mol. The van der Waals surface area contributed by atoms with Gasteiger partial charge >= 0.3 is 0 Å². The standard InChI is InChI=1S/C16H20N2O2/c1-11-9-18(10-12(2)20-11)16-7-4-13-8-14(19-3)5-6-15(13)17-16/h4-8,11-12H,9-10H2,1-3H3/t11-,12+. The first kappa shape index (κ1) is 13.2. The SMILES string of the molecule is COc1ccc2nc(N3C[C@@H](C)O[C@@H](C)C3)ccc2c1. The molecule has 0 radical (unpaired) electrons. The summed E-state index contributed by atoms with van der Waals surface area (Å²) in [5.74, 6) is 1.88. The van der Waals surface area contributed by atoms with Crippen LogP contribution in [0, 0.1) is 0 Å². The molecule has 1 aliphatic heterocycles. The predicted octanol–water partition coefficient (Wildman–Crippen LogP) is 2.86. The van der Waals surface area contributed by atoms with Crippen LogP contribution >= 0.6 is 0 Å². The number of aromatic nitrogens is 1. The third-order valence-electron chi connectivity index (χ3n) is 3.63. The number of benzene rings is 1. The molecule has 4 nitrogen and oxygen atoms in total. The third-order valence-corrected chi connectivity index (χ3v) is 3.63. The third kappa shape index (κ3) is 2.56. The van der Waals surface area contributed by atoms with Crippen molar-refractivity contribution in [3.05, 3.63) is 30.3 Å². The van der Waals surface area contributed by atoms with Crippen LogP contribution in [0.4, 0.5) is 5.82 Å². The molecule has 1 saturated heterocycles. The zero-order valence-corrected chi connectivity index (χ0v) is 12.2. The van der Waals surface area contributed by atoms with Gasteiger partial charge < -0.3 is 14.4 Å². The van der Waals surface area contributed by atoms with Crippen molar-refractivity contribution in [2.45, 2.75) is 26.1 Å². The number of hydrogen-bond donors (Lipinski definition) is 0. The summed E-state index contributed by atoms with van der Waals surface area (Å²) >= 11 is 0. The van der Waals surface area contributed by atoms with Gasteiger partial charge in [0.05, 0.1) is 24.8 Å². The average Bonchev–Trinajstić information content (AvgIpc) is 2.45. The van der Waals surface area contributed by atoms with E-state index in [0.717, 1.165) is 35.6 Å². The molecule has 2 aromatic rings. The maximum atomic E-state index is 5.77. The number of nitrogens with zero attached hydrogens (tertiary/aromatic N) is 2. The van der Waals surface area contributed by atoms with Gasteiger partial charge in [-0.05, 0) is 44.2 Å². The Morgan fingerprint density at radius 1 is 1.15 bits per heavy atom. The number of hydrogen-bond acceptors (Lipinski definition) is 4. The molecule has 2 atom stereocenters. The summed E-state index contributed by atoms with van der Waals surface area (Å²) < 4.78 is 11.0. The minimum Gasteiger partial charge on any atom is -0.497 e. The lowest BCUT2D eigenvalue weighted by molar-refractivity contribution is -0.00544. The smallest absolute Gasteiger partial charge is 0.129 e. The number of fused-ring (bicyclic) bond motifs is 1. The lowest BCUT2D eigenvalue weighted by Crippen LogP contribution is -2.45. The fourth-order valence-corrected chi connectivity index (χ4v) is 2.76. The highest BCUT2D eigenvalue weighted by atomic mass is 16.5. The molecular weight excluding hydrogens is 252 g/mol. The maximum absolute atomic E-state index is 5.77. The molecule has 0 spiro atoms. The normalized spacial score (nSPS) is 23.1. The fourth-order valence-electron chi connectivity index (χ4n) is 2.76. The van der Waals surface area contributed by atoms with E-state index in [1.165, 1.54) is 0 Å². The summed E-state index contributed by atoms with van der Waals surface area (Å²) in [5, 5.41) is 1.10. The van der Waals surface area contributed by atoms with E-state index >= 15 is 0 Å². The Bertz CT molecular complexity index is 604. The fraction of sp³-hybridized carbons (Fsp3) is 0.438. The number of ether oxygens (including phenoxy) is 2. The molecule has 0 bridgehead atoms. The van der Waals surface area contributed by atoms with Crippen molar-refractivity contribution >= 4 is 16.7 Å². The van der Waals surface area contributed by atoms with Gasteiger partial charge in [-0.3, -0.25) is 0 Å². The molecule has 2 heterocycles. The van der Waals surface area contributed by atoms with Gasteiger partial charge in [0.2, 0.25) is 0 Å². The van der Waals surface area contributed by atoms with Crippen molar-refractivity contribution in [1.82, 2.24) is 4.98 Å². The molecule has 1 fully saturated rings. The molecule has 0 amide bonds. The van der Waals surface area contributed by atoms with E-state index in [1.54, 1.807) is 7.11 Å². The summed E-state index contributed by atoms with van der Waals surface area (Å²) in [7, 11) is 1.68. The molecule has 4 heteroatoms. The quantitative estimate of drug-likeness (QED) is 0.842. The zero-order valence-electron chi connectivity index (χ0n) is 12.2. The number of anilines is 1. The Balaban J connectivity index is 1.92. The van der Waals surface area contributed by atoms with Gasteiger partial charge in [-0.1, -0.05) is 0 Å². The van der Waals surface area contributed by atoms with Crippen LogP contribution in [0.3, 0.4) is 0 Å². The first-order valence-electron chi connectivity index (χ1n) is 7.01. The largest absolute Gasteiger partial charge is 0.497 e. The highest BCUT2D eigenvalue weighted by molar-refractivity contribution is 5.81. The first-order chi connectivity index (χ1) is 9.65. The molecule has 1 aromatic heterocycles. The molecule has 0 N–H and O–H groups in total. The molecule has 0 saturated carbocycles. The topological polar surface area (TPSA) is 34.6 Å². The minimum absolute atomic E-state index is 0.243. The lowest BCUT2D eigenvalue weighted by atomic mass is 10.2. The van der Waals surface area contributed by atoms with E-state index < -0.39 is 0 Å². The van der Waals surface area contributed by atoms with Gasteiger partial charge in [0.25, 0.3) is 0 Å². The second-order valence-corrected chi connectivity index (χ2v) is 5.39. The van der Waals surface area contributed by atoms with Crippen LogP contribution in [0.25, 0.3) is 10.9 Å². The molecular formula is C16H20N2O2. The van der Waals surface area contributed by atoms with Crippen molar-refractivity contribution in [2.75, 3.05) is 25.1 Å². The second kappa shape index (κ2) is 5.29. The van der Waals surface area contributed by atoms with Gasteiger partial charge in [0, 0.05) is 18.5 Å². The Hall–Kier alpha value is -1.81. The van der Waals surface area contributed by atoms with Crippen LogP contribution in [-0.4, -0.2) is 37.4 Å². The van der Waals surface area contributed by atoms with Crippen molar-refractivity contribution in [3.8, 4) is 5.75 Å². The van der Waals surface area contributed by atoms with Crippen LogP contribution in [0.5, 0.6) is 5.75 Å². The van der Waals surface area contributed by atoms with Crippen molar-refractivity contribution in [1.29, 1.82) is 0 Å². The predicted molar refractivity (Wildman–Crippen MR) is 80.5 cm³/mol. The number of pyridine rings is 1. The van der Waals surface area contributed by atoms with Crippen LogP contribution in [0.1, 0.15) is 13.8 Å². The molecule has 20 heavy (non-hydrogen) atoms. The molecule has 3 rings (SSSR count). The first-order valence-corrected chi connectivity index (χ1v) is 7.01. The van der Waals surface area contributed by atoms with E-state index in [1.807, 2.05) is 18.2 Å². The van der Waals surface area contributed by atoms with E-state index in [-0.39, 0.29) is 12.2 Å². The summed E-state index contributed by atoms with van der Waals surface area (Å²) in [4.78, 5) is 7.05. The zero-order chi connectivity index (χ0) is 14.1. The van der Waals surface area contributed by atoms with Gasteiger partial charge in [-0.25, -0.2) is 4.98 Å². The highest BCUT2D eigenvalue weighted by Crippen LogP contribution is 2.24. The van der Waals surface area contributed by atoms with Crippen molar-refractivity contribution < 1.29 is 9.47 Å². The molecule has 0 unspecified atom stereocenters. The van der Waals surface area contributed by atoms with Gasteiger partial charge in [0.1, 0.15) is 11.6 Å². The number of rotatable bonds is 2. The van der Waals surface area contributed by atoms with Crippen LogP contribution in [-0.2, 0) is 4.74 Å². The van der Waals surface area contributed by atoms with Gasteiger partial charge in [0.15, 0.2) is 0 Å². The average molecular weight is 272 g/mol. The molecule has 0 aliphatic carbocycles. The highest BCUT2D eigenvalue weighted by Gasteiger charge is 2.23.